The lowest BCUT2D eigenvalue weighted by atomic mass is 10.2. The number of nitrogens with zero attached hydrogens (tertiary/aromatic N) is 2. The monoisotopic (exact) mass is 342 g/mol. The van der Waals surface area contributed by atoms with Gasteiger partial charge in [-0.15, -0.1) is 22.9 Å². The van der Waals surface area contributed by atoms with E-state index in [1.807, 2.05) is 5.38 Å². The summed E-state index contributed by atoms with van der Waals surface area (Å²) in [6.07, 6.45) is 0.680. The van der Waals surface area contributed by atoms with Gasteiger partial charge in [-0.2, -0.15) is 0 Å². The van der Waals surface area contributed by atoms with E-state index in [2.05, 4.69) is 4.98 Å². The molecule has 21 heavy (non-hydrogen) atoms. The van der Waals surface area contributed by atoms with Crippen LogP contribution in [0.5, 0.6) is 5.75 Å². The molecule has 0 fully saturated rings. The Hall–Kier alpha value is -1.30. The van der Waals surface area contributed by atoms with Crippen molar-refractivity contribution in [1.29, 1.82) is 0 Å². The summed E-state index contributed by atoms with van der Waals surface area (Å²) in [4.78, 5) is 18.2. The standard InChI is InChI=1S/C14H12Cl2N2O2S/c15-6-10-8-21-13(17-10)3-4-18-11-5-9(16)1-2-12(11)20-7-14(18)19/h1-2,5,8H,3-4,6-7H2. The second-order valence-electron chi connectivity index (χ2n) is 4.56. The number of ether oxygens (including phenoxy) is 1. The molecule has 0 bridgehead atoms. The van der Waals surface area contributed by atoms with Crippen LogP contribution in [0.4, 0.5) is 5.69 Å². The maximum atomic E-state index is 12.1. The lowest BCUT2D eigenvalue weighted by molar-refractivity contribution is -0.121. The number of hydrogen-bond acceptors (Lipinski definition) is 4. The molecule has 0 radical (unpaired) electrons. The molecule has 0 N–H and O–H groups in total. The number of alkyl halides is 1. The summed E-state index contributed by atoms with van der Waals surface area (Å²) in [6.45, 7) is 0.601. The van der Waals surface area contributed by atoms with Crippen molar-refractivity contribution in [2.45, 2.75) is 12.3 Å². The van der Waals surface area contributed by atoms with E-state index in [0.29, 0.717) is 35.3 Å². The van der Waals surface area contributed by atoms with Crippen LogP contribution in [-0.2, 0) is 17.1 Å². The Labute approximate surface area is 136 Å². The molecule has 1 aliphatic rings. The third-order valence-electron chi connectivity index (χ3n) is 3.15. The summed E-state index contributed by atoms with van der Waals surface area (Å²) in [5.41, 5.74) is 1.58. The topological polar surface area (TPSA) is 42.4 Å². The molecule has 7 heteroatoms. The summed E-state index contributed by atoms with van der Waals surface area (Å²) in [5, 5.41) is 3.48. The van der Waals surface area contributed by atoms with E-state index in [1.54, 1.807) is 34.4 Å². The van der Waals surface area contributed by atoms with Gasteiger partial charge < -0.3 is 9.64 Å². The Balaban J connectivity index is 1.78. The molecule has 2 aromatic rings. The van der Waals surface area contributed by atoms with Crippen LogP contribution in [0.3, 0.4) is 0 Å². The lowest BCUT2D eigenvalue weighted by Crippen LogP contribution is -2.40. The normalized spacial score (nSPS) is 14.0. The van der Waals surface area contributed by atoms with Gasteiger partial charge in [-0.3, -0.25) is 4.79 Å². The molecule has 1 amide bonds. The first kappa shape index (κ1) is 14.6. The van der Waals surface area contributed by atoms with Crippen LogP contribution in [0.15, 0.2) is 23.6 Å². The number of thiazole rings is 1. The predicted molar refractivity (Wildman–Crippen MR) is 84.7 cm³/mol. The highest BCUT2D eigenvalue weighted by Gasteiger charge is 2.25. The maximum Gasteiger partial charge on any atom is 0.265 e. The van der Waals surface area contributed by atoms with Crippen molar-refractivity contribution in [2.75, 3.05) is 18.1 Å². The van der Waals surface area contributed by atoms with Gasteiger partial charge in [0.05, 0.1) is 22.3 Å². The summed E-state index contributed by atoms with van der Waals surface area (Å²) in [5.74, 6) is 1.02. The molecule has 0 saturated carbocycles. The van der Waals surface area contributed by atoms with Crippen molar-refractivity contribution < 1.29 is 9.53 Å². The lowest BCUT2D eigenvalue weighted by Gasteiger charge is -2.29. The summed E-state index contributed by atoms with van der Waals surface area (Å²) < 4.78 is 5.41. The number of carbonyl (C=O) groups excluding carboxylic acids is 1. The molecular formula is C14H12Cl2N2O2S. The minimum Gasteiger partial charge on any atom is -0.482 e. The van der Waals surface area contributed by atoms with E-state index in [9.17, 15) is 4.79 Å². The van der Waals surface area contributed by atoms with Crippen LogP contribution < -0.4 is 9.64 Å². The molecule has 1 aromatic carbocycles. The Bertz CT molecular complexity index is 675. The fraction of sp³-hybridized carbons (Fsp3) is 0.286. The number of rotatable bonds is 4. The number of anilines is 1. The summed E-state index contributed by atoms with van der Waals surface area (Å²) in [6, 6.07) is 5.29. The Morgan fingerprint density at radius 2 is 2.29 bits per heavy atom. The zero-order valence-electron chi connectivity index (χ0n) is 11.0. The van der Waals surface area contributed by atoms with Crippen LogP contribution in [0.2, 0.25) is 5.02 Å². The van der Waals surface area contributed by atoms with Crippen molar-refractivity contribution in [2.24, 2.45) is 0 Å². The predicted octanol–water partition coefficient (Wildman–Crippen LogP) is 3.50. The van der Waals surface area contributed by atoms with Crippen molar-refractivity contribution in [3.63, 3.8) is 0 Å². The highest BCUT2D eigenvalue weighted by molar-refractivity contribution is 7.09. The zero-order chi connectivity index (χ0) is 14.8. The number of amides is 1. The number of carbonyl (C=O) groups is 1. The average molecular weight is 343 g/mol. The third kappa shape index (κ3) is 3.15. The SMILES string of the molecule is O=C1COc2ccc(Cl)cc2N1CCc1nc(CCl)cs1. The quantitative estimate of drug-likeness (QED) is 0.798. The van der Waals surface area contributed by atoms with Crippen molar-refractivity contribution in [3.05, 3.63) is 39.3 Å². The first-order chi connectivity index (χ1) is 10.2. The molecule has 0 aliphatic carbocycles. The number of halogens is 2. The number of benzene rings is 1. The Morgan fingerprint density at radius 3 is 3.05 bits per heavy atom. The van der Waals surface area contributed by atoms with E-state index in [1.165, 1.54) is 0 Å². The van der Waals surface area contributed by atoms with Gasteiger partial charge in [0.25, 0.3) is 5.91 Å². The molecular weight excluding hydrogens is 331 g/mol. The summed E-state index contributed by atoms with van der Waals surface area (Å²) in [7, 11) is 0. The smallest absolute Gasteiger partial charge is 0.265 e. The fourth-order valence-electron chi connectivity index (χ4n) is 2.15. The van der Waals surface area contributed by atoms with Crippen molar-refractivity contribution in [3.8, 4) is 5.75 Å². The molecule has 2 heterocycles. The average Bonchev–Trinajstić information content (AvgIpc) is 2.94. The first-order valence-electron chi connectivity index (χ1n) is 6.39. The number of aromatic nitrogens is 1. The van der Waals surface area contributed by atoms with Crippen LogP contribution >= 0.6 is 34.5 Å². The van der Waals surface area contributed by atoms with Gasteiger partial charge in [0, 0.05) is 23.4 Å². The molecule has 4 nitrogen and oxygen atoms in total. The minimum absolute atomic E-state index is 0.0550. The third-order valence-corrected chi connectivity index (χ3v) is 4.62. The van der Waals surface area contributed by atoms with Gasteiger partial charge in [-0.1, -0.05) is 11.6 Å². The van der Waals surface area contributed by atoms with E-state index >= 15 is 0 Å². The molecule has 0 saturated heterocycles. The first-order valence-corrected chi connectivity index (χ1v) is 8.18. The second kappa shape index (κ2) is 6.22. The zero-order valence-corrected chi connectivity index (χ0v) is 13.3. The molecule has 0 unspecified atom stereocenters. The van der Waals surface area contributed by atoms with E-state index in [-0.39, 0.29) is 12.5 Å². The van der Waals surface area contributed by atoms with Crippen molar-refractivity contribution in [1.82, 2.24) is 4.98 Å². The molecule has 110 valence electrons. The van der Waals surface area contributed by atoms with Crippen LogP contribution in [-0.4, -0.2) is 24.0 Å². The van der Waals surface area contributed by atoms with Gasteiger partial charge in [-0.05, 0) is 18.2 Å². The van der Waals surface area contributed by atoms with Gasteiger partial charge in [-0.25, -0.2) is 4.98 Å². The van der Waals surface area contributed by atoms with Crippen LogP contribution in [0, 0.1) is 0 Å². The Kier molecular flexibility index (Phi) is 4.33. The van der Waals surface area contributed by atoms with E-state index in [0.717, 1.165) is 10.7 Å². The van der Waals surface area contributed by atoms with Gasteiger partial charge in [0.15, 0.2) is 6.61 Å². The molecule has 3 rings (SSSR count). The fourth-order valence-corrected chi connectivity index (χ4v) is 3.33. The molecule has 0 spiro atoms. The van der Waals surface area contributed by atoms with E-state index in [4.69, 9.17) is 27.9 Å². The molecule has 1 aromatic heterocycles. The van der Waals surface area contributed by atoms with Gasteiger partial charge in [0.2, 0.25) is 0 Å². The van der Waals surface area contributed by atoms with Gasteiger partial charge in [0.1, 0.15) is 5.75 Å². The second-order valence-corrected chi connectivity index (χ2v) is 6.21. The largest absolute Gasteiger partial charge is 0.482 e. The Morgan fingerprint density at radius 1 is 1.43 bits per heavy atom. The van der Waals surface area contributed by atoms with Crippen LogP contribution in [0.1, 0.15) is 10.7 Å². The minimum atomic E-state index is -0.0705. The number of hydrogen-bond donors (Lipinski definition) is 0. The van der Waals surface area contributed by atoms with Gasteiger partial charge >= 0.3 is 0 Å². The maximum absolute atomic E-state index is 12.1. The number of fused-ring (bicyclic) bond motifs is 1. The van der Waals surface area contributed by atoms with E-state index < -0.39 is 0 Å². The van der Waals surface area contributed by atoms with Crippen molar-refractivity contribution >= 4 is 46.1 Å². The highest BCUT2D eigenvalue weighted by atomic mass is 35.5. The molecule has 0 atom stereocenters. The van der Waals surface area contributed by atoms with Crippen LogP contribution in [0.25, 0.3) is 0 Å². The highest BCUT2D eigenvalue weighted by Crippen LogP contribution is 2.34. The summed E-state index contributed by atoms with van der Waals surface area (Å²) >= 11 is 13.3. The molecule has 1 aliphatic heterocycles.